The number of rotatable bonds is 2. The lowest BCUT2D eigenvalue weighted by Gasteiger charge is -2.40. The molecule has 1 saturated carbocycles. The third kappa shape index (κ3) is 3.19. The summed E-state index contributed by atoms with van der Waals surface area (Å²) >= 11 is 11.2. The summed E-state index contributed by atoms with van der Waals surface area (Å²) in [4.78, 5) is 0. The van der Waals surface area contributed by atoms with Crippen molar-refractivity contribution in [2.75, 3.05) is 6.61 Å². The molecule has 0 aromatic carbocycles. The van der Waals surface area contributed by atoms with Gasteiger partial charge in [0, 0.05) is 6.61 Å². The average molecular weight is 393 g/mol. The first-order valence-electron chi connectivity index (χ1n) is 5.22. The molecule has 0 N–H and O–H groups in total. The van der Waals surface area contributed by atoms with Gasteiger partial charge in [0.25, 0.3) is 0 Å². The van der Waals surface area contributed by atoms with E-state index in [1.165, 1.54) is 25.7 Å². The molecule has 1 nitrogen and oxygen atoms in total. The first kappa shape index (κ1) is 13.5. The fraction of sp³-hybridized carbons (Fsp3) is 1.00. The maximum absolute atomic E-state index is 5.84. The molecule has 0 radical (unpaired) electrons. The summed E-state index contributed by atoms with van der Waals surface area (Å²) in [7, 11) is 0. The number of hydrogen-bond acceptors (Lipinski definition) is 1. The zero-order valence-corrected chi connectivity index (χ0v) is 13.2. The topological polar surface area (TPSA) is 9.23 Å². The van der Waals surface area contributed by atoms with Gasteiger partial charge in [-0.05, 0) is 26.2 Å². The summed E-state index contributed by atoms with van der Waals surface area (Å²) in [6, 6.07) is 0. The summed E-state index contributed by atoms with van der Waals surface area (Å²) in [5, 5.41) is 0. The minimum Gasteiger partial charge on any atom is -0.362 e. The van der Waals surface area contributed by atoms with Crippen LogP contribution in [0.4, 0.5) is 0 Å². The Hall–Kier alpha value is 1.40. The standard InChI is InChI=1S/C10H17Br3O/c1-2-14-10(13)8-6-4-3-5-7-9(10,11)12/h2-8H2,1H3. The number of halogens is 3. The maximum Gasteiger partial charge on any atom is 0.147 e. The lowest BCUT2D eigenvalue weighted by Crippen LogP contribution is -2.43. The molecule has 0 aliphatic heterocycles. The van der Waals surface area contributed by atoms with Gasteiger partial charge in [0.15, 0.2) is 0 Å². The van der Waals surface area contributed by atoms with Gasteiger partial charge in [-0.15, -0.1) is 0 Å². The van der Waals surface area contributed by atoms with Crippen molar-refractivity contribution in [3.05, 3.63) is 0 Å². The first-order chi connectivity index (χ1) is 6.52. The summed E-state index contributed by atoms with van der Waals surface area (Å²) in [5.74, 6) is 0. The van der Waals surface area contributed by atoms with E-state index in [0.29, 0.717) is 0 Å². The highest BCUT2D eigenvalue weighted by molar-refractivity contribution is 9.26. The van der Waals surface area contributed by atoms with Crippen LogP contribution in [0.1, 0.15) is 45.4 Å². The molecule has 0 bridgehead atoms. The van der Waals surface area contributed by atoms with Crippen molar-refractivity contribution in [1.82, 2.24) is 0 Å². The second kappa shape index (κ2) is 5.65. The van der Waals surface area contributed by atoms with Gasteiger partial charge < -0.3 is 4.74 Å². The molecule has 0 aromatic heterocycles. The highest BCUT2D eigenvalue weighted by atomic mass is 79.9. The van der Waals surface area contributed by atoms with Crippen LogP contribution < -0.4 is 0 Å². The Kier molecular flexibility index (Phi) is 5.43. The monoisotopic (exact) mass is 390 g/mol. The van der Waals surface area contributed by atoms with Gasteiger partial charge in [0.1, 0.15) is 7.74 Å². The second-order valence-corrected chi connectivity index (χ2v) is 8.83. The highest BCUT2D eigenvalue weighted by Crippen LogP contribution is 2.51. The molecule has 1 aliphatic rings. The summed E-state index contributed by atoms with van der Waals surface area (Å²) < 4.78 is 5.47. The highest BCUT2D eigenvalue weighted by Gasteiger charge is 2.47. The van der Waals surface area contributed by atoms with E-state index >= 15 is 0 Å². The third-order valence-corrected chi connectivity index (χ3v) is 7.10. The molecule has 1 aliphatic carbocycles. The van der Waals surface area contributed by atoms with E-state index in [4.69, 9.17) is 4.74 Å². The summed E-state index contributed by atoms with van der Waals surface area (Å²) in [5.41, 5.74) is 0. The lowest BCUT2D eigenvalue weighted by atomic mass is 9.98. The molecule has 1 rings (SSSR count). The van der Waals surface area contributed by atoms with Crippen LogP contribution in [0.15, 0.2) is 0 Å². The van der Waals surface area contributed by atoms with E-state index in [0.717, 1.165) is 19.4 Å². The van der Waals surface area contributed by atoms with E-state index in [1.54, 1.807) is 0 Å². The largest absolute Gasteiger partial charge is 0.362 e. The smallest absolute Gasteiger partial charge is 0.147 e. The SMILES string of the molecule is CCOC1(Br)CCCCCCC1(Br)Br. The Bertz CT molecular complexity index is 184. The van der Waals surface area contributed by atoms with Gasteiger partial charge in [-0.2, -0.15) is 0 Å². The Labute approximate surface area is 112 Å². The molecule has 0 saturated heterocycles. The van der Waals surface area contributed by atoms with E-state index in [1.807, 2.05) is 6.92 Å². The number of ether oxygens (including phenoxy) is 1. The molecule has 14 heavy (non-hydrogen) atoms. The minimum absolute atomic E-state index is 0.122. The van der Waals surface area contributed by atoms with E-state index in [2.05, 4.69) is 47.8 Å². The molecule has 84 valence electrons. The van der Waals surface area contributed by atoms with Crippen LogP contribution in [-0.2, 0) is 4.74 Å². The van der Waals surface area contributed by atoms with Gasteiger partial charge >= 0.3 is 0 Å². The molecule has 0 amide bonds. The van der Waals surface area contributed by atoms with Gasteiger partial charge in [-0.25, -0.2) is 0 Å². The minimum atomic E-state index is -0.255. The quantitative estimate of drug-likeness (QED) is 0.604. The van der Waals surface area contributed by atoms with Crippen LogP contribution in [0.25, 0.3) is 0 Å². The molecule has 0 spiro atoms. The fourth-order valence-corrected chi connectivity index (χ4v) is 3.72. The van der Waals surface area contributed by atoms with Crippen LogP contribution in [0, 0.1) is 0 Å². The molecule has 0 heterocycles. The zero-order valence-electron chi connectivity index (χ0n) is 8.49. The van der Waals surface area contributed by atoms with E-state index in [9.17, 15) is 0 Å². The predicted molar refractivity (Wildman–Crippen MR) is 71.6 cm³/mol. The van der Waals surface area contributed by atoms with Crippen molar-refractivity contribution in [2.24, 2.45) is 0 Å². The average Bonchev–Trinajstić information content (AvgIpc) is 2.09. The van der Waals surface area contributed by atoms with Crippen LogP contribution >= 0.6 is 47.8 Å². The lowest BCUT2D eigenvalue weighted by molar-refractivity contribution is 0.0216. The van der Waals surface area contributed by atoms with Gasteiger partial charge in [0.05, 0.1) is 0 Å². The first-order valence-corrected chi connectivity index (χ1v) is 7.60. The molecule has 1 unspecified atom stereocenters. The van der Waals surface area contributed by atoms with Crippen molar-refractivity contribution < 1.29 is 4.74 Å². The van der Waals surface area contributed by atoms with Crippen molar-refractivity contribution in [1.29, 1.82) is 0 Å². The second-order valence-electron chi connectivity index (χ2n) is 3.78. The van der Waals surface area contributed by atoms with Crippen molar-refractivity contribution in [2.45, 2.75) is 53.2 Å². The van der Waals surface area contributed by atoms with Crippen molar-refractivity contribution in [3.8, 4) is 0 Å². The third-order valence-electron chi connectivity index (χ3n) is 2.66. The van der Waals surface area contributed by atoms with E-state index < -0.39 is 0 Å². The number of hydrogen-bond donors (Lipinski definition) is 0. The van der Waals surface area contributed by atoms with Crippen LogP contribution in [0.5, 0.6) is 0 Å². The maximum atomic E-state index is 5.84. The predicted octanol–water partition coefficient (Wildman–Crippen LogP) is 4.95. The fourth-order valence-electron chi connectivity index (χ4n) is 1.83. The summed E-state index contributed by atoms with van der Waals surface area (Å²) in [6.07, 6.45) is 7.27. The van der Waals surface area contributed by atoms with Gasteiger partial charge in [-0.3, -0.25) is 0 Å². The molecule has 1 fully saturated rings. The van der Waals surface area contributed by atoms with Crippen LogP contribution in [0.2, 0.25) is 0 Å². The summed E-state index contributed by atoms with van der Waals surface area (Å²) in [6.45, 7) is 2.78. The normalized spacial score (nSPS) is 33.4. The zero-order chi connectivity index (χ0) is 10.7. The Balaban J connectivity index is 2.73. The molecule has 1 atom stereocenters. The van der Waals surface area contributed by atoms with Crippen LogP contribution in [0.3, 0.4) is 0 Å². The number of alkyl halides is 3. The van der Waals surface area contributed by atoms with Crippen LogP contribution in [-0.4, -0.2) is 14.4 Å². The van der Waals surface area contributed by atoms with Crippen molar-refractivity contribution in [3.63, 3.8) is 0 Å². The van der Waals surface area contributed by atoms with Gasteiger partial charge in [-0.1, -0.05) is 67.1 Å². The Morgan fingerprint density at radius 1 is 1.00 bits per heavy atom. The molecular weight excluding hydrogens is 376 g/mol. The Morgan fingerprint density at radius 3 is 2.14 bits per heavy atom. The molecular formula is C10H17Br3O. The van der Waals surface area contributed by atoms with Gasteiger partial charge in [0.2, 0.25) is 0 Å². The molecule has 0 aromatic rings. The molecule has 4 heteroatoms. The Morgan fingerprint density at radius 2 is 1.57 bits per heavy atom. The van der Waals surface area contributed by atoms with Crippen molar-refractivity contribution >= 4 is 47.8 Å². The van der Waals surface area contributed by atoms with E-state index in [-0.39, 0.29) is 7.74 Å².